The second kappa shape index (κ2) is 9.66. The number of allylic oxidation sites excluding steroid dienone is 3. The molecule has 5 heteroatoms. The van der Waals surface area contributed by atoms with Crippen molar-refractivity contribution in [2.24, 2.45) is 22.7 Å². The van der Waals surface area contributed by atoms with Gasteiger partial charge in [0, 0.05) is 4.83 Å². The number of carboxylic acid groups (broad SMARTS) is 1. The molecule has 0 saturated heterocycles. The molecule has 5 atom stereocenters. The topological polar surface area (TPSA) is 57.5 Å². The van der Waals surface area contributed by atoms with Crippen LogP contribution in [0.3, 0.4) is 0 Å². The largest absolute Gasteiger partial charge is 0.506 e. The van der Waals surface area contributed by atoms with E-state index >= 15 is 0 Å². The molecule has 1 aromatic rings. The van der Waals surface area contributed by atoms with E-state index < -0.39 is 5.97 Å². The highest BCUT2D eigenvalue weighted by molar-refractivity contribution is 9.10. The number of rotatable bonds is 6. The predicted octanol–water partition coefficient (Wildman–Crippen LogP) is 8.29. The number of hydrogen-bond donors (Lipinski definition) is 2. The third-order valence-electron chi connectivity index (χ3n) is 8.34. The SMILES string of the molecule is C=C1CC[C@@H]2[C@@](C)(CCC=C(C)C)[C@H](Br)CC[C@@]2(C)[C@@H]1Cc1cc(C(=O)O)cc(Br)c1O. The van der Waals surface area contributed by atoms with Gasteiger partial charge in [-0.3, -0.25) is 0 Å². The maximum Gasteiger partial charge on any atom is 0.335 e. The van der Waals surface area contributed by atoms with Crippen molar-refractivity contribution >= 4 is 37.8 Å². The van der Waals surface area contributed by atoms with Crippen molar-refractivity contribution in [2.75, 3.05) is 0 Å². The van der Waals surface area contributed by atoms with Crippen LogP contribution in [0.1, 0.15) is 82.1 Å². The van der Waals surface area contributed by atoms with Crippen molar-refractivity contribution in [1.82, 2.24) is 0 Å². The standard InChI is InChI=1S/C27H36Br2O3/c1-16(2)7-6-11-27(5)22-9-8-17(3)20(26(22,4)12-10-23(27)29)14-18-13-19(25(31)32)15-21(28)24(18)30/h7,13,15,20,22-23,30H,3,6,8-12,14H2,1-2,4-5H3,(H,31,32)/t20-,22+,23-,26+,27-/m1/s1. The Morgan fingerprint density at radius 1 is 1.28 bits per heavy atom. The van der Waals surface area contributed by atoms with E-state index in [-0.39, 0.29) is 28.1 Å². The van der Waals surface area contributed by atoms with Crippen molar-refractivity contribution in [2.45, 2.75) is 77.5 Å². The van der Waals surface area contributed by atoms with Crippen LogP contribution in [0.5, 0.6) is 5.75 Å². The van der Waals surface area contributed by atoms with Crippen molar-refractivity contribution in [3.8, 4) is 5.75 Å². The Balaban J connectivity index is 1.97. The summed E-state index contributed by atoms with van der Waals surface area (Å²) in [6, 6.07) is 3.10. The van der Waals surface area contributed by atoms with Gasteiger partial charge in [0.25, 0.3) is 0 Å². The lowest BCUT2D eigenvalue weighted by atomic mass is 9.46. The summed E-state index contributed by atoms with van der Waals surface area (Å²) in [5.41, 5.74) is 3.74. The van der Waals surface area contributed by atoms with Crippen molar-refractivity contribution < 1.29 is 15.0 Å². The smallest absolute Gasteiger partial charge is 0.335 e. The van der Waals surface area contributed by atoms with E-state index in [4.69, 9.17) is 0 Å². The van der Waals surface area contributed by atoms with Crippen LogP contribution in [0.2, 0.25) is 0 Å². The Labute approximate surface area is 209 Å². The summed E-state index contributed by atoms with van der Waals surface area (Å²) in [4.78, 5) is 12.1. The molecule has 3 nitrogen and oxygen atoms in total. The molecule has 0 bridgehead atoms. The number of fused-ring (bicyclic) bond motifs is 1. The van der Waals surface area contributed by atoms with E-state index in [9.17, 15) is 15.0 Å². The fourth-order valence-electron chi connectivity index (χ4n) is 6.50. The van der Waals surface area contributed by atoms with Crippen molar-refractivity contribution in [1.29, 1.82) is 0 Å². The van der Waals surface area contributed by atoms with E-state index in [1.165, 1.54) is 17.2 Å². The lowest BCUT2D eigenvalue weighted by molar-refractivity contribution is -0.0588. The number of benzene rings is 1. The molecule has 176 valence electrons. The number of phenols is 1. The molecule has 2 N–H and O–H groups in total. The summed E-state index contributed by atoms with van der Waals surface area (Å²) in [6.07, 6.45) is 9.57. The van der Waals surface area contributed by atoms with Gasteiger partial charge in [0.1, 0.15) is 5.75 Å². The lowest BCUT2D eigenvalue weighted by Crippen LogP contribution is -2.54. The Morgan fingerprint density at radius 3 is 2.59 bits per heavy atom. The van der Waals surface area contributed by atoms with Gasteiger partial charge in [0.2, 0.25) is 0 Å². The maximum atomic E-state index is 11.6. The molecule has 2 fully saturated rings. The van der Waals surface area contributed by atoms with Gasteiger partial charge in [0.05, 0.1) is 10.0 Å². The number of aromatic carboxylic acids is 1. The molecule has 2 aliphatic rings. The Bertz CT molecular complexity index is 933. The molecule has 0 unspecified atom stereocenters. The van der Waals surface area contributed by atoms with Gasteiger partial charge in [-0.15, -0.1) is 0 Å². The van der Waals surface area contributed by atoms with Gasteiger partial charge in [-0.2, -0.15) is 0 Å². The van der Waals surface area contributed by atoms with Crippen LogP contribution in [-0.2, 0) is 6.42 Å². The van der Waals surface area contributed by atoms with Gasteiger partial charge < -0.3 is 10.2 Å². The van der Waals surface area contributed by atoms with Gasteiger partial charge in [-0.1, -0.05) is 53.6 Å². The highest BCUT2D eigenvalue weighted by Gasteiger charge is 2.57. The number of alkyl halides is 1. The zero-order valence-corrected chi connectivity index (χ0v) is 22.9. The van der Waals surface area contributed by atoms with Crippen molar-refractivity contribution in [3.05, 3.63) is 51.5 Å². The van der Waals surface area contributed by atoms with E-state index in [2.05, 4.69) is 72.2 Å². The van der Waals surface area contributed by atoms with Crippen LogP contribution in [0, 0.1) is 22.7 Å². The molecular formula is C27H36Br2O3. The number of carbonyl (C=O) groups is 1. The van der Waals surface area contributed by atoms with E-state index in [0.717, 1.165) is 38.5 Å². The third-order valence-corrected chi connectivity index (χ3v) is 10.4. The minimum Gasteiger partial charge on any atom is -0.506 e. The van der Waals surface area contributed by atoms with E-state index in [1.54, 1.807) is 6.07 Å². The van der Waals surface area contributed by atoms with Crippen LogP contribution < -0.4 is 0 Å². The molecule has 3 rings (SSSR count). The van der Waals surface area contributed by atoms with Gasteiger partial charge in [-0.25, -0.2) is 4.79 Å². The fraction of sp³-hybridized carbons (Fsp3) is 0.593. The molecule has 2 saturated carbocycles. The number of phenolic OH excluding ortho intramolecular Hbond substituents is 1. The Kier molecular flexibility index (Phi) is 7.71. The molecule has 0 aromatic heterocycles. The van der Waals surface area contributed by atoms with Crippen LogP contribution in [0.4, 0.5) is 0 Å². The zero-order chi connectivity index (χ0) is 23.8. The molecule has 0 spiro atoms. The average Bonchev–Trinajstić information content (AvgIpc) is 2.70. The molecule has 1 aromatic carbocycles. The second-order valence-electron chi connectivity index (χ2n) is 10.6. The minimum atomic E-state index is -0.981. The van der Waals surface area contributed by atoms with Crippen LogP contribution in [0.15, 0.2) is 40.4 Å². The fourth-order valence-corrected chi connectivity index (χ4v) is 7.77. The molecular weight excluding hydrogens is 532 g/mol. The molecule has 0 heterocycles. The highest BCUT2D eigenvalue weighted by atomic mass is 79.9. The molecule has 0 aliphatic heterocycles. The van der Waals surface area contributed by atoms with Crippen LogP contribution in [-0.4, -0.2) is 21.0 Å². The Hall–Kier alpha value is -1.07. The third kappa shape index (κ3) is 4.75. The first-order valence-electron chi connectivity index (χ1n) is 11.6. The minimum absolute atomic E-state index is 0.0669. The lowest BCUT2D eigenvalue weighted by Gasteiger charge is -2.61. The van der Waals surface area contributed by atoms with Gasteiger partial charge >= 0.3 is 5.97 Å². The van der Waals surface area contributed by atoms with Gasteiger partial charge in [-0.05, 0) is 115 Å². The monoisotopic (exact) mass is 566 g/mol. The summed E-state index contributed by atoms with van der Waals surface area (Å²) in [7, 11) is 0. The van der Waals surface area contributed by atoms with E-state index in [1.807, 2.05) is 0 Å². The summed E-state index contributed by atoms with van der Waals surface area (Å²) < 4.78 is 0.436. The summed E-state index contributed by atoms with van der Waals surface area (Å²) in [5.74, 6) is -0.0764. The number of aromatic hydroxyl groups is 1. The van der Waals surface area contributed by atoms with Crippen LogP contribution >= 0.6 is 31.9 Å². The summed E-state index contributed by atoms with van der Waals surface area (Å²) >= 11 is 7.40. The molecule has 2 aliphatic carbocycles. The molecule has 0 amide bonds. The molecule has 0 radical (unpaired) electrons. The summed E-state index contributed by atoms with van der Waals surface area (Å²) in [6.45, 7) is 13.7. The van der Waals surface area contributed by atoms with E-state index in [0.29, 0.717) is 27.2 Å². The molecule has 32 heavy (non-hydrogen) atoms. The first kappa shape index (κ1) is 25.6. The highest BCUT2D eigenvalue weighted by Crippen LogP contribution is 2.64. The number of hydrogen-bond acceptors (Lipinski definition) is 2. The predicted molar refractivity (Wildman–Crippen MR) is 139 cm³/mol. The van der Waals surface area contributed by atoms with Gasteiger partial charge in [0.15, 0.2) is 0 Å². The first-order chi connectivity index (χ1) is 14.9. The first-order valence-corrected chi connectivity index (χ1v) is 13.3. The van der Waals surface area contributed by atoms with Crippen LogP contribution in [0.25, 0.3) is 0 Å². The normalized spacial score (nSPS) is 32.3. The number of carboxylic acids is 1. The van der Waals surface area contributed by atoms with Crippen molar-refractivity contribution in [3.63, 3.8) is 0 Å². The Morgan fingerprint density at radius 2 is 1.97 bits per heavy atom. The zero-order valence-electron chi connectivity index (χ0n) is 19.7. The second-order valence-corrected chi connectivity index (χ2v) is 12.6. The summed E-state index contributed by atoms with van der Waals surface area (Å²) in [5, 5.41) is 20.2. The average molecular weight is 568 g/mol. The number of halogens is 2. The quantitative estimate of drug-likeness (QED) is 0.268. The maximum absolute atomic E-state index is 11.6.